The molecule has 0 saturated heterocycles. The van der Waals surface area contributed by atoms with Gasteiger partial charge in [0.2, 0.25) is 0 Å². The van der Waals surface area contributed by atoms with Crippen molar-refractivity contribution < 1.29 is 9.53 Å². The van der Waals surface area contributed by atoms with Crippen LogP contribution in [0.3, 0.4) is 0 Å². The Balaban J connectivity index is 1.54. The van der Waals surface area contributed by atoms with Gasteiger partial charge in [0, 0.05) is 24.4 Å². The molecule has 0 aliphatic carbocycles. The maximum absolute atomic E-state index is 12.6. The Hall–Kier alpha value is -2.96. The molecule has 1 N–H and O–H groups in total. The summed E-state index contributed by atoms with van der Waals surface area (Å²) < 4.78 is 7.15. The summed E-state index contributed by atoms with van der Waals surface area (Å²) in [4.78, 5) is 19.1. The van der Waals surface area contributed by atoms with Crippen molar-refractivity contribution in [1.29, 1.82) is 0 Å². The molecule has 0 unspecified atom stereocenters. The van der Waals surface area contributed by atoms with E-state index < -0.39 is 0 Å². The number of carbonyl (C=O) groups is 1. The summed E-state index contributed by atoms with van der Waals surface area (Å²) in [7, 11) is 4.06. The molecule has 4 aromatic rings. The number of pyridine rings is 1. The zero-order valence-corrected chi connectivity index (χ0v) is 17.3. The Bertz CT molecular complexity index is 1150. The van der Waals surface area contributed by atoms with E-state index in [0.717, 1.165) is 45.5 Å². The number of nitrogens with one attached hydrogen (secondary N) is 1. The van der Waals surface area contributed by atoms with Crippen LogP contribution in [0.5, 0.6) is 11.5 Å². The SMILES string of the molecule is CN(C)CCCNC(=O)c1cccc2cc(Oc3ccnc4ccsc34)ccc12. The first-order chi connectivity index (χ1) is 14.1. The highest BCUT2D eigenvalue weighted by Gasteiger charge is 2.11. The van der Waals surface area contributed by atoms with Crippen molar-refractivity contribution in [3.63, 3.8) is 0 Å². The number of nitrogens with zero attached hydrogens (tertiary/aromatic N) is 2. The molecule has 0 aliphatic heterocycles. The summed E-state index contributed by atoms with van der Waals surface area (Å²) in [5.41, 5.74) is 1.62. The maximum Gasteiger partial charge on any atom is 0.251 e. The first kappa shape index (κ1) is 19.4. The third-order valence-corrected chi connectivity index (χ3v) is 5.62. The molecular weight excluding hydrogens is 382 g/mol. The number of hydrogen-bond donors (Lipinski definition) is 1. The lowest BCUT2D eigenvalue weighted by Gasteiger charge is -2.12. The largest absolute Gasteiger partial charge is 0.456 e. The van der Waals surface area contributed by atoms with Gasteiger partial charge in [-0.05, 0) is 73.5 Å². The quantitative estimate of drug-likeness (QED) is 0.443. The summed E-state index contributed by atoms with van der Waals surface area (Å²) >= 11 is 1.61. The van der Waals surface area contributed by atoms with Crippen molar-refractivity contribution in [2.45, 2.75) is 6.42 Å². The van der Waals surface area contributed by atoms with Gasteiger partial charge in [-0.3, -0.25) is 9.78 Å². The second kappa shape index (κ2) is 8.59. The highest BCUT2D eigenvalue weighted by molar-refractivity contribution is 7.17. The van der Waals surface area contributed by atoms with Gasteiger partial charge in [-0.25, -0.2) is 0 Å². The molecule has 0 spiro atoms. The van der Waals surface area contributed by atoms with Crippen molar-refractivity contribution in [3.05, 3.63) is 65.7 Å². The number of thiophene rings is 1. The third-order valence-electron chi connectivity index (χ3n) is 4.70. The highest BCUT2D eigenvalue weighted by Crippen LogP contribution is 2.33. The van der Waals surface area contributed by atoms with Gasteiger partial charge in [-0.1, -0.05) is 12.1 Å². The first-order valence-electron chi connectivity index (χ1n) is 9.57. The van der Waals surface area contributed by atoms with Gasteiger partial charge >= 0.3 is 0 Å². The summed E-state index contributed by atoms with van der Waals surface area (Å²) in [6, 6.07) is 15.5. The molecule has 0 saturated carbocycles. The lowest BCUT2D eigenvalue weighted by atomic mass is 10.0. The molecular formula is C23H23N3O2S. The predicted molar refractivity (Wildman–Crippen MR) is 119 cm³/mol. The van der Waals surface area contributed by atoms with Crippen molar-refractivity contribution in [2.24, 2.45) is 0 Å². The molecule has 2 heterocycles. The van der Waals surface area contributed by atoms with Crippen LogP contribution >= 0.6 is 11.3 Å². The van der Waals surface area contributed by atoms with E-state index in [1.54, 1.807) is 17.5 Å². The van der Waals surface area contributed by atoms with Gasteiger partial charge in [0.25, 0.3) is 5.91 Å². The van der Waals surface area contributed by atoms with Crippen LogP contribution in [0.15, 0.2) is 60.1 Å². The molecule has 2 aromatic carbocycles. The van der Waals surface area contributed by atoms with Crippen LogP contribution in [-0.2, 0) is 0 Å². The molecule has 29 heavy (non-hydrogen) atoms. The molecule has 148 valence electrons. The zero-order valence-electron chi connectivity index (χ0n) is 16.5. The van der Waals surface area contributed by atoms with Crippen LogP contribution < -0.4 is 10.1 Å². The van der Waals surface area contributed by atoms with Crippen molar-refractivity contribution >= 4 is 38.2 Å². The number of carbonyl (C=O) groups excluding carboxylic acids is 1. The predicted octanol–water partition coefficient (Wildman–Crippen LogP) is 4.92. The van der Waals surface area contributed by atoms with Crippen LogP contribution in [-0.4, -0.2) is 43.0 Å². The highest BCUT2D eigenvalue weighted by atomic mass is 32.1. The lowest BCUT2D eigenvalue weighted by molar-refractivity contribution is 0.0954. The van der Waals surface area contributed by atoms with E-state index in [2.05, 4.69) is 15.2 Å². The van der Waals surface area contributed by atoms with E-state index in [4.69, 9.17) is 4.74 Å². The topological polar surface area (TPSA) is 54.5 Å². The van der Waals surface area contributed by atoms with Crippen LogP contribution in [0.25, 0.3) is 21.0 Å². The number of aromatic nitrogens is 1. The minimum atomic E-state index is -0.0440. The van der Waals surface area contributed by atoms with Crippen LogP contribution in [0.1, 0.15) is 16.8 Å². The monoisotopic (exact) mass is 405 g/mol. The Labute approximate surface area is 173 Å². The second-order valence-corrected chi connectivity index (χ2v) is 8.06. The van der Waals surface area contributed by atoms with Gasteiger partial charge in [0.15, 0.2) is 0 Å². The van der Waals surface area contributed by atoms with Crippen LogP contribution in [0.2, 0.25) is 0 Å². The standard InChI is InChI=1S/C23H23N3O2S/c1-26(2)13-4-11-25-23(27)19-6-3-5-16-15-17(7-8-18(16)19)28-21-9-12-24-20-10-14-29-22(20)21/h3,5-10,12,14-15H,4,11,13H2,1-2H3,(H,25,27). The molecule has 1 amide bonds. The Morgan fingerprint density at radius 1 is 1.17 bits per heavy atom. The van der Waals surface area contributed by atoms with E-state index in [1.165, 1.54) is 0 Å². The van der Waals surface area contributed by atoms with Gasteiger partial charge in [-0.15, -0.1) is 11.3 Å². The fourth-order valence-electron chi connectivity index (χ4n) is 3.27. The van der Waals surface area contributed by atoms with Crippen LogP contribution in [0, 0.1) is 0 Å². The van der Waals surface area contributed by atoms with Gasteiger partial charge in [0.1, 0.15) is 11.5 Å². The molecule has 0 atom stereocenters. The minimum absolute atomic E-state index is 0.0440. The van der Waals surface area contributed by atoms with Crippen LogP contribution in [0.4, 0.5) is 0 Å². The van der Waals surface area contributed by atoms with E-state index in [0.29, 0.717) is 12.1 Å². The number of rotatable bonds is 7. The summed E-state index contributed by atoms with van der Waals surface area (Å²) in [5.74, 6) is 1.48. The summed E-state index contributed by atoms with van der Waals surface area (Å²) in [6.45, 7) is 1.61. The maximum atomic E-state index is 12.6. The third kappa shape index (κ3) is 4.39. The average molecular weight is 406 g/mol. The van der Waals surface area contributed by atoms with E-state index in [9.17, 15) is 4.79 Å². The van der Waals surface area contributed by atoms with Gasteiger partial charge < -0.3 is 15.0 Å². The fourth-order valence-corrected chi connectivity index (χ4v) is 4.07. The van der Waals surface area contributed by atoms with E-state index >= 15 is 0 Å². The lowest BCUT2D eigenvalue weighted by Crippen LogP contribution is -2.27. The average Bonchev–Trinajstić information content (AvgIpc) is 3.20. The van der Waals surface area contributed by atoms with Crippen molar-refractivity contribution in [1.82, 2.24) is 15.2 Å². The number of amides is 1. The molecule has 4 rings (SSSR count). The number of ether oxygens (including phenoxy) is 1. The molecule has 0 fully saturated rings. The molecule has 0 aliphatic rings. The molecule has 2 aromatic heterocycles. The smallest absolute Gasteiger partial charge is 0.251 e. The minimum Gasteiger partial charge on any atom is -0.456 e. The fraction of sp³-hybridized carbons (Fsp3) is 0.217. The van der Waals surface area contributed by atoms with E-state index in [-0.39, 0.29) is 5.91 Å². The molecule has 6 heteroatoms. The second-order valence-electron chi connectivity index (χ2n) is 7.15. The van der Waals surface area contributed by atoms with E-state index in [1.807, 2.05) is 68.0 Å². The first-order valence-corrected chi connectivity index (χ1v) is 10.5. The zero-order chi connectivity index (χ0) is 20.2. The Morgan fingerprint density at radius 3 is 2.93 bits per heavy atom. The van der Waals surface area contributed by atoms with Crippen molar-refractivity contribution in [2.75, 3.05) is 27.2 Å². The molecule has 0 bridgehead atoms. The molecule has 5 nitrogen and oxygen atoms in total. The number of fused-ring (bicyclic) bond motifs is 2. The summed E-state index contributed by atoms with van der Waals surface area (Å²) in [5, 5.41) is 6.91. The van der Waals surface area contributed by atoms with Crippen molar-refractivity contribution in [3.8, 4) is 11.5 Å². The molecule has 0 radical (unpaired) electrons. The van der Waals surface area contributed by atoms with Gasteiger partial charge in [-0.2, -0.15) is 0 Å². The Morgan fingerprint density at radius 2 is 2.07 bits per heavy atom. The normalized spacial score (nSPS) is 11.3. The number of benzene rings is 2. The number of hydrogen-bond acceptors (Lipinski definition) is 5. The Kier molecular flexibility index (Phi) is 5.74. The van der Waals surface area contributed by atoms with Gasteiger partial charge in [0.05, 0.1) is 10.2 Å². The summed E-state index contributed by atoms with van der Waals surface area (Å²) in [6.07, 6.45) is 2.68.